The van der Waals surface area contributed by atoms with Crippen LogP contribution in [0.3, 0.4) is 0 Å². The Kier molecular flexibility index (Phi) is 6.48. The van der Waals surface area contributed by atoms with E-state index in [0.717, 1.165) is 44.7 Å². The van der Waals surface area contributed by atoms with Gasteiger partial charge in [0.2, 0.25) is 5.91 Å². The monoisotopic (exact) mass is 336 g/mol. The molecular weight excluding hydrogens is 308 g/mol. The highest BCUT2D eigenvalue weighted by Crippen LogP contribution is 2.18. The summed E-state index contributed by atoms with van der Waals surface area (Å²) in [7, 11) is 0. The standard InChI is InChI=1S/C18H28N2O2S/c21-18(14-16-6-13-23-15-16)20(17-4-11-22-12-5-17)10-9-19-7-2-1-3-8-19/h6,13,15,17H,1-5,7-12,14H2. The molecule has 2 aliphatic rings. The Morgan fingerprint density at radius 2 is 2.04 bits per heavy atom. The topological polar surface area (TPSA) is 32.8 Å². The van der Waals surface area contributed by atoms with Crippen LogP contribution in [0.2, 0.25) is 0 Å². The van der Waals surface area contributed by atoms with E-state index in [1.54, 1.807) is 11.3 Å². The lowest BCUT2D eigenvalue weighted by Gasteiger charge is -2.36. The highest BCUT2D eigenvalue weighted by atomic mass is 32.1. The summed E-state index contributed by atoms with van der Waals surface area (Å²) in [5, 5.41) is 4.14. The lowest BCUT2D eigenvalue weighted by molar-refractivity contribution is -0.135. The summed E-state index contributed by atoms with van der Waals surface area (Å²) >= 11 is 1.67. The third-order valence-corrected chi connectivity index (χ3v) is 5.73. The number of likely N-dealkylation sites (tertiary alicyclic amines) is 1. The Bertz CT molecular complexity index is 465. The molecule has 0 atom stereocenters. The fraction of sp³-hybridized carbons (Fsp3) is 0.722. The number of carbonyl (C=O) groups is 1. The Balaban J connectivity index is 1.58. The van der Waals surface area contributed by atoms with Gasteiger partial charge < -0.3 is 14.5 Å². The molecule has 1 aromatic rings. The van der Waals surface area contributed by atoms with Crippen LogP contribution in [0.1, 0.15) is 37.7 Å². The van der Waals surface area contributed by atoms with Gasteiger partial charge >= 0.3 is 0 Å². The van der Waals surface area contributed by atoms with Crippen LogP contribution in [0, 0.1) is 0 Å². The molecule has 4 nitrogen and oxygen atoms in total. The third kappa shape index (κ3) is 5.03. The van der Waals surface area contributed by atoms with Gasteiger partial charge in [-0.2, -0.15) is 11.3 Å². The summed E-state index contributed by atoms with van der Waals surface area (Å²) in [6.07, 6.45) is 6.48. The minimum absolute atomic E-state index is 0.285. The van der Waals surface area contributed by atoms with Crippen molar-refractivity contribution in [3.63, 3.8) is 0 Å². The van der Waals surface area contributed by atoms with Gasteiger partial charge in [0.25, 0.3) is 0 Å². The zero-order valence-corrected chi connectivity index (χ0v) is 14.7. The minimum Gasteiger partial charge on any atom is -0.381 e. The van der Waals surface area contributed by atoms with E-state index in [1.165, 1.54) is 32.4 Å². The van der Waals surface area contributed by atoms with Crippen molar-refractivity contribution >= 4 is 17.2 Å². The number of ether oxygens (including phenoxy) is 1. The highest BCUT2D eigenvalue weighted by Gasteiger charge is 2.26. The molecule has 23 heavy (non-hydrogen) atoms. The zero-order chi connectivity index (χ0) is 15.9. The number of hydrogen-bond donors (Lipinski definition) is 0. The fourth-order valence-corrected chi connectivity index (χ4v) is 4.28. The van der Waals surface area contributed by atoms with E-state index >= 15 is 0 Å². The Labute approximate surface area is 143 Å². The first kappa shape index (κ1) is 16.9. The van der Waals surface area contributed by atoms with Crippen LogP contribution in [0.4, 0.5) is 0 Å². The van der Waals surface area contributed by atoms with E-state index in [2.05, 4.69) is 26.6 Å². The van der Waals surface area contributed by atoms with Crippen molar-refractivity contribution in [1.82, 2.24) is 9.80 Å². The van der Waals surface area contributed by atoms with E-state index in [0.29, 0.717) is 12.5 Å². The van der Waals surface area contributed by atoms with Gasteiger partial charge in [0, 0.05) is 32.3 Å². The SMILES string of the molecule is O=C(Cc1ccsc1)N(CCN1CCCCC1)C1CCOCC1. The van der Waals surface area contributed by atoms with Gasteiger partial charge in [-0.15, -0.1) is 0 Å². The molecule has 0 aliphatic carbocycles. The smallest absolute Gasteiger partial charge is 0.227 e. The number of nitrogens with zero attached hydrogens (tertiary/aromatic N) is 2. The quantitative estimate of drug-likeness (QED) is 0.801. The number of piperidine rings is 1. The van der Waals surface area contributed by atoms with Gasteiger partial charge in [-0.1, -0.05) is 6.42 Å². The van der Waals surface area contributed by atoms with Gasteiger partial charge in [-0.05, 0) is 61.2 Å². The first-order chi connectivity index (χ1) is 11.3. The second-order valence-electron chi connectivity index (χ2n) is 6.64. The number of amides is 1. The summed E-state index contributed by atoms with van der Waals surface area (Å²) in [5.74, 6) is 0.285. The maximum absolute atomic E-state index is 12.9. The van der Waals surface area contributed by atoms with Gasteiger partial charge in [0.05, 0.1) is 6.42 Å². The molecule has 0 aromatic carbocycles. The Hall–Kier alpha value is -0.910. The van der Waals surface area contributed by atoms with Gasteiger partial charge in [0.15, 0.2) is 0 Å². The molecule has 128 valence electrons. The lowest BCUT2D eigenvalue weighted by atomic mass is 10.1. The average Bonchev–Trinajstić information content (AvgIpc) is 3.10. The first-order valence-corrected chi connectivity index (χ1v) is 9.88. The van der Waals surface area contributed by atoms with Crippen LogP contribution >= 0.6 is 11.3 Å². The molecule has 2 saturated heterocycles. The molecule has 2 fully saturated rings. The zero-order valence-electron chi connectivity index (χ0n) is 13.9. The second-order valence-corrected chi connectivity index (χ2v) is 7.42. The first-order valence-electron chi connectivity index (χ1n) is 8.93. The molecule has 3 heterocycles. The molecule has 0 bridgehead atoms. The molecule has 3 rings (SSSR count). The van der Waals surface area contributed by atoms with Crippen molar-refractivity contribution in [1.29, 1.82) is 0 Å². The lowest BCUT2D eigenvalue weighted by Crippen LogP contribution is -2.48. The van der Waals surface area contributed by atoms with E-state index in [9.17, 15) is 4.79 Å². The molecular formula is C18H28N2O2S. The Morgan fingerprint density at radius 3 is 2.74 bits per heavy atom. The summed E-state index contributed by atoms with van der Waals surface area (Å²) < 4.78 is 5.48. The van der Waals surface area contributed by atoms with Crippen LogP contribution < -0.4 is 0 Å². The average molecular weight is 337 g/mol. The maximum Gasteiger partial charge on any atom is 0.227 e. The summed E-state index contributed by atoms with van der Waals surface area (Å²) in [5.41, 5.74) is 1.15. The number of thiophene rings is 1. The summed E-state index contributed by atoms with van der Waals surface area (Å²) in [6.45, 7) is 5.86. The van der Waals surface area contributed by atoms with E-state index in [4.69, 9.17) is 4.74 Å². The second kappa shape index (κ2) is 8.81. The predicted molar refractivity (Wildman–Crippen MR) is 93.9 cm³/mol. The summed E-state index contributed by atoms with van der Waals surface area (Å²) in [4.78, 5) is 17.5. The van der Waals surface area contributed by atoms with Crippen LogP contribution in [-0.4, -0.2) is 61.1 Å². The van der Waals surface area contributed by atoms with Crippen LogP contribution in [0.5, 0.6) is 0 Å². The van der Waals surface area contributed by atoms with Crippen molar-refractivity contribution in [3.8, 4) is 0 Å². The molecule has 0 saturated carbocycles. The molecule has 1 aromatic heterocycles. The van der Waals surface area contributed by atoms with Crippen molar-refractivity contribution in [2.45, 2.75) is 44.6 Å². The fourth-order valence-electron chi connectivity index (χ4n) is 3.61. The largest absolute Gasteiger partial charge is 0.381 e. The molecule has 0 radical (unpaired) electrons. The van der Waals surface area contributed by atoms with Crippen molar-refractivity contribution < 1.29 is 9.53 Å². The van der Waals surface area contributed by atoms with Gasteiger partial charge in [0.1, 0.15) is 0 Å². The molecule has 0 unspecified atom stereocenters. The normalized spacial score (nSPS) is 20.5. The van der Waals surface area contributed by atoms with Gasteiger partial charge in [-0.3, -0.25) is 4.79 Å². The van der Waals surface area contributed by atoms with E-state index < -0.39 is 0 Å². The van der Waals surface area contributed by atoms with Crippen molar-refractivity contribution in [2.75, 3.05) is 39.4 Å². The van der Waals surface area contributed by atoms with Crippen LogP contribution in [0.15, 0.2) is 16.8 Å². The number of carbonyl (C=O) groups excluding carboxylic acids is 1. The number of hydrogen-bond acceptors (Lipinski definition) is 4. The molecule has 0 N–H and O–H groups in total. The van der Waals surface area contributed by atoms with Crippen molar-refractivity contribution in [2.24, 2.45) is 0 Å². The maximum atomic E-state index is 12.9. The molecule has 0 spiro atoms. The Morgan fingerprint density at radius 1 is 1.26 bits per heavy atom. The summed E-state index contributed by atoms with van der Waals surface area (Å²) in [6, 6.07) is 2.43. The molecule has 1 amide bonds. The minimum atomic E-state index is 0.285. The van der Waals surface area contributed by atoms with E-state index in [-0.39, 0.29) is 5.91 Å². The van der Waals surface area contributed by atoms with Gasteiger partial charge in [-0.25, -0.2) is 0 Å². The highest BCUT2D eigenvalue weighted by molar-refractivity contribution is 7.07. The third-order valence-electron chi connectivity index (χ3n) is 4.99. The molecule has 5 heteroatoms. The van der Waals surface area contributed by atoms with E-state index in [1.807, 2.05) is 0 Å². The van der Waals surface area contributed by atoms with Crippen molar-refractivity contribution in [3.05, 3.63) is 22.4 Å². The predicted octanol–water partition coefficient (Wildman–Crippen LogP) is 2.78. The number of rotatable bonds is 6. The molecule has 2 aliphatic heterocycles. The van der Waals surface area contributed by atoms with Crippen LogP contribution in [0.25, 0.3) is 0 Å². The van der Waals surface area contributed by atoms with Crippen LogP contribution in [-0.2, 0) is 16.0 Å².